The predicted octanol–water partition coefficient (Wildman–Crippen LogP) is 9.87. The number of nitrogens with zero attached hydrogens (tertiary/aromatic N) is 1. The number of hydrogen-bond donors (Lipinski definition) is 0. The zero-order valence-corrected chi connectivity index (χ0v) is 24.3. The van der Waals surface area contributed by atoms with E-state index in [4.69, 9.17) is 0 Å². The van der Waals surface area contributed by atoms with Crippen LogP contribution in [-0.4, -0.2) is 11.6 Å². The van der Waals surface area contributed by atoms with Crippen LogP contribution in [0.25, 0.3) is 27.6 Å². The normalized spacial score (nSPS) is 15.0. The number of Topliss-reactive ketones (excluding diaryl/α,β-unsaturated/α-hetero) is 2. The first-order valence-corrected chi connectivity index (χ1v) is 14.7. The van der Waals surface area contributed by atoms with Crippen LogP contribution in [0.4, 0.5) is 17.1 Å². The van der Waals surface area contributed by atoms with Gasteiger partial charge in [0.25, 0.3) is 0 Å². The summed E-state index contributed by atoms with van der Waals surface area (Å²) in [5, 5.41) is 4.16. The van der Waals surface area contributed by atoms with Crippen molar-refractivity contribution in [2.75, 3.05) is 4.90 Å². The van der Waals surface area contributed by atoms with Crippen LogP contribution in [0.15, 0.2) is 121 Å². The molecule has 2 aliphatic rings. The van der Waals surface area contributed by atoms with E-state index in [0.717, 1.165) is 38.5 Å². The van der Waals surface area contributed by atoms with Gasteiger partial charge >= 0.3 is 0 Å². The van der Waals surface area contributed by atoms with Crippen molar-refractivity contribution in [3.05, 3.63) is 154 Å². The molecule has 43 heavy (non-hydrogen) atoms. The van der Waals surface area contributed by atoms with E-state index in [1.165, 1.54) is 22.4 Å². The lowest BCUT2D eigenvalue weighted by Gasteiger charge is -2.42. The number of para-hydroxylation sites is 1. The van der Waals surface area contributed by atoms with Crippen molar-refractivity contribution < 1.29 is 9.59 Å². The molecule has 0 N–H and O–H groups in total. The minimum atomic E-state index is -0.243. The highest BCUT2D eigenvalue weighted by molar-refractivity contribution is 6.42. The first-order chi connectivity index (χ1) is 20.8. The average molecular weight is 556 g/mol. The highest BCUT2D eigenvalue weighted by Crippen LogP contribution is 2.53. The van der Waals surface area contributed by atoms with Gasteiger partial charge in [0.05, 0.1) is 16.9 Å². The molecule has 3 nitrogen and oxygen atoms in total. The number of carbonyl (C=O) groups is 2. The third-order valence-electron chi connectivity index (χ3n) is 9.14. The van der Waals surface area contributed by atoms with Crippen molar-refractivity contribution in [2.45, 2.75) is 26.2 Å². The lowest BCUT2D eigenvalue weighted by Crippen LogP contribution is -2.30. The maximum atomic E-state index is 13.4. The van der Waals surface area contributed by atoms with E-state index in [1.54, 1.807) is 6.08 Å². The summed E-state index contributed by atoms with van der Waals surface area (Å²) in [6.45, 7) is 6.72. The van der Waals surface area contributed by atoms with Crippen molar-refractivity contribution in [1.82, 2.24) is 0 Å². The van der Waals surface area contributed by atoms with Crippen LogP contribution in [0.5, 0.6) is 0 Å². The van der Waals surface area contributed by atoms with Gasteiger partial charge in [-0.2, -0.15) is 0 Å². The summed E-state index contributed by atoms with van der Waals surface area (Å²) in [6.07, 6.45) is 1.76. The summed E-state index contributed by atoms with van der Waals surface area (Å²) in [4.78, 5) is 29.2. The Kier molecular flexibility index (Phi) is 5.39. The van der Waals surface area contributed by atoms with E-state index in [2.05, 4.69) is 98.5 Å². The Morgan fingerprint density at radius 1 is 0.628 bits per heavy atom. The van der Waals surface area contributed by atoms with E-state index in [-0.39, 0.29) is 22.6 Å². The second-order valence-electron chi connectivity index (χ2n) is 12.2. The third kappa shape index (κ3) is 3.74. The van der Waals surface area contributed by atoms with Gasteiger partial charge in [0.15, 0.2) is 11.6 Å². The minimum absolute atomic E-state index is 0.206. The second kappa shape index (κ2) is 9.11. The van der Waals surface area contributed by atoms with Crippen LogP contribution in [0.1, 0.15) is 56.8 Å². The molecule has 1 aliphatic carbocycles. The monoisotopic (exact) mass is 555 g/mol. The van der Waals surface area contributed by atoms with Crippen molar-refractivity contribution in [2.24, 2.45) is 0 Å². The van der Waals surface area contributed by atoms with Crippen LogP contribution in [0, 0.1) is 6.92 Å². The van der Waals surface area contributed by atoms with E-state index < -0.39 is 0 Å². The molecule has 0 unspecified atom stereocenters. The predicted molar refractivity (Wildman–Crippen MR) is 176 cm³/mol. The Labute approximate surface area is 250 Å². The Balaban J connectivity index is 1.27. The molecule has 0 bridgehead atoms. The summed E-state index contributed by atoms with van der Waals surface area (Å²) in [7, 11) is 0. The van der Waals surface area contributed by atoms with E-state index in [1.807, 2.05) is 42.5 Å². The van der Waals surface area contributed by atoms with Gasteiger partial charge in [0, 0.05) is 22.2 Å². The summed E-state index contributed by atoms with van der Waals surface area (Å²) in [5.74, 6) is -0.411. The molecule has 0 saturated heterocycles. The third-order valence-corrected chi connectivity index (χ3v) is 9.14. The Morgan fingerprint density at radius 2 is 1.33 bits per heavy atom. The summed E-state index contributed by atoms with van der Waals surface area (Å²) in [6, 6.07) is 39.5. The molecule has 1 aliphatic heterocycles. The number of ketones is 2. The van der Waals surface area contributed by atoms with E-state index in [0.29, 0.717) is 11.1 Å². The molecule has 0 fully saturated rings. The van der Waals surface area contributed by atoms with Crippen LogP contribution >= 0.6 is 0 Å². The van der Waals surface area contributed by atoms with Crippen LogP contribution < -0.4 is 4.90 Å². The van der Waals surface area contributed by atoms with Crippen LogP contribution in [0.2, 0.25) is 0 Å². The van der Waals surface area contributed by atoms with Gasteiger partial charge in [-0.15, -0.1) is 0 Å². The van der Waals surface area contributed by atoms with Gasteiger partial charge in [-0.3, -0.25) is 9.59 Å². The Hall–Kier alpha value is -5.28. The van der Waals surface area contributed by atoms with E-state index in [9.17, 15) is 9.59 Å². The number of benzene rings is 6. The first kappa shape index (κ1) is 25.4. The van der Waals surface area contributed by atoms with Crippen molar-refractivity contribution >= 4 is 56.2 Å². The molecule has 6 aromatic carbocycles. The molecule has 3 heteroatoms. The lowest BCUT2D eigenvalue weighted by atomic mass is 9.71. The second-order valence-corrected chi connectivity index (χ2v) is 12.2. The van der Waals surface area contributed by atoms with Crippen LogP contribution in [-0.2, 0) is 5.41 Å². The molecular formula is C40H29NO2. The molecular weight excluding hydrogens is 526 g/mol. The highest BCUT2D eigenvalue weighted by atomic mass is 16.2. The molecule has 0 amide bonds. The SMILES string of the molecule is Cc1cccc(N2c3ccccc3C(C)(C)c3c2ccc2cc(C=C4C(=O)c5cc6ccccc6cc5C4=O)ccc32)c1. The lowest BCUT2D eigenvalue weighted by molar-refractivity contribution is 0.0990. The molecule has 0 radical (unpaired) electrons. The fourth-order valence-corrected chi connectivity index (χ4v) is 7.08. The Morgan fingerprint density at radius 3 is 2.05 bits per heavy atom. The molecule has 6 aromatic rings. The van der Waals surface area contributed by atoms with Crippen LogP contribution in [0.3, 0.4) is 0 Å². The first-order valence-electron chi connectivity index (χ1n) is 14.7. The molecule has 0 aromatic heterocycles. The quantitative estimate of drug-likeness (QED) is 0.158. The zero-order chi connectivity index (χ0) is 29.5. The topological polar surface area (TPSA) is 37.4 Å². The fraction of sp³-hybridized carbons (Fsp3) is 0.100. The van der Waals surface area contributed by atoms with E-state index >= 15 is 0 Å². The molecule has 0 spiro atoms. The molecule has 1 heterocycles. The van der Waals surface area contributed by atoms with Crippen molar-refractivity contribution in [1.29, 1.82) is 0 Å². The molecule has 0 saturated carbocycles. The van der Waals surface area contributed by atoms with Crippen molar-refractivity contribution in [3.63, 3.8) is 0 Å². The minimum Gasteiger partial charge on any atom is -0.310 e. The zero-order valence-electron chi connectivity index (χ0n) is 24.3. The van der Waals surface area contributed by atoms with Crippen molar-refractivity contribution in [3.8, 4) is 0 Å². The standard InChI is InChI=1S/C40H29NO2/c1-24-9-8-12-29(19-24)41-35-14-7-6-13-34(35)40(2,3)37-30-17-15-25(20-28(30)16-18-36(37)41)21-33-38(42)31-22-26-10-4-5-11-27(26)23-32(31)39(33)43/h4-23H,1-3H3. The maximum absolute atomic E-state index is 13.4. The fourth-order valence-electron chi connectivity index (χ4n) is 7.08. The van der Waals surface area contributed by atoms with Gasteiger partial charge in [-0.05, 0) is 99.3 Å². The number of allylic oxidation sites excluding steroid dienone is 1. The number of hydrogen-bond acceptors (Lipinski definition) is 3. The summed E-state index contributed by atoms with van der Waals surface area (Å²) >= 11 is 0. The van der Waals surface area contributed by atoms with Gasteiger partial charge in [0.2, 0.25) is 0 Å². The van der Waals surface area contributed by atoms with Gasteiger partial charge in [0.1, 0.15) is 0 Å². The number of carbonyl (C=O) groups excluding carboxylic acids is 2. The summed E-state index contributed by atoms with van der Waals surface area (Å²) in [5.41, 5.74) is 9.03. The number of anilines is 3. The van der Waals surface area contributed by atoms with Gasteiger partial charge in [-0.25, -0.2) is 0 Å². The molecule has 206 valence electrons. The van der Waals surface area contributed by atoms with Gasteiger partial charge < -0.3 is 4.90 Å². The number of aryl methyl sites for hydroxylation is 1. The largest absolute Gasteiger partial charge is 0.310 e. The molecule has 8 rings (SSSR count). The smallest absolute Gasteiger partial charge is 0.197 e. The highest BCUT2D eigenvalue weighted by Gasteiger charge is 2.38. The van der Waals surface area contributed by atoms with Gasteiger partial charge in [-0.1, -0.05) is 86.6 Å². The molecule has 0 atom stereocenters. The average Bonchev–Trinajstić information content (AvgIpc) is 3.23. The maximum Gasteiger partial charge on any atom is 0.197 e. The summed E-state index contributed by atoms with van der Waals surface area (Å²) < 4.78 is 0. The number of fused-ring (bicyclic) bond motifs is 6. The Bertz CT molecular complexity index is 2160. The number of rotatable bonds is 2.